The van der Waals surface area contributed by atoms with Crippen molar-refractivity contribution in [2.75, 3.05) is 6.54 Å². The third-order valence-electron chi connectivity index (χ3n) is 1.86. The van der Waals surface area contributed by atoms with Gasteiger partial charge in [-0.2, -0.15) is 4.83 Å². The molecular weight excluding hydrogens is 146 g/mol. The Hall–Kier alpha value is -0.0300. The Morgan fingerprint density at radius 3 is 3.40 bits per heavy atom. The van der Waals surface area contributed by atoms with Crippen LogP contribution in [-0.4, -0.2) is 18.0 Å². The maximum absolute atomic E-state index is 3.94. The van der Waals surface area contributed by atoms with E-state index < -0.39 is 0 Å². The zero-order valence-corrected chi connectivity index (χ0v) is 6.50. The Morgan fingerprint density at radius 1 is 1.60 bits per heavy atom. The lowest BCUT2D eigenvalue weighted by molar-refractivity contribution is 0.440. The molecule has 2 aliphatic rings. The average molecular weight is 157 g/mol. The Bertz CT molecular complexity index is 159. The van der Waals surface area contributed by atoms with E-state index in [4.69, 9.17) is 0 Å². The molecule has 2 unspecified atom stereocenters. The molecule has 0 aliphatic carbocycles. The molecule has 3 nitrogen and oxygen atoms in total. The van der Waals surface area contributed by atoms with Gasteiger partial charge >= 0.3 is 0 Å². The van der Waals surface area contributed by atoms with Gasteiger partial charge in [0.1, 0.15) is 0 Å². The standard InChI is InChI=1S/C6H11N3S/c1-4-2-5-6(7-3-4)10-9-8-5/h5-9H,1-3H2. The fraction of sp³-hybridized carbons (Fsp3) is 0.667. The first-order chi connectivity index (χ1) is 4.86. The molecule has 2 atom stereocenters. The van der Waals surface area contributed by atoms with E-state index in [1.807, 2.05) is 0 Å². The van der Waals surface area contributed by atoms with Crippen molar-refractivity contribution in [2.45, 2.75) is 17.8 Å². The first kappa shape index (κ1) is 6.67. The third kappa shape index (κ3) is 1.08. The molecular formula is C6H11N3S. The summed E-state index contributed by atoms with van der Waals surface area (Å²) in [7, 11) is 0. The molecule has 2 heterocycles. The van der Waals surface area contributed by atoms with Gasteiger partial charge in [0.15, 0.2) is 0 Å². The van der Waals surface area contributed by atoms with E-state index in [9.17, 15) is 0 Å². The highest BCUT2D eigenvalue weighted by atomic mass is 32.2. The van der Waals surface area contributed by atoms with E-state index in [1.165, 1.54) is 5.57 Å². The molecule has 2 rings (SSSR count). The molecule has 0 aromatic rings. The normalized spacial score (nSPS) is 39.8. The Labute approximate surface area is 64.7 Å². The smallest absolute Gasteiger partial charge is 0.0866 e. The molecule has 3 N–H and O–H groups in total. The molecule has 0 amide bonds. The van der Waals surface area contributed by atoms with E-state index in [0.29, 0.717) is 11.4 Å². The van der Waals surface area contributed by atoms with Crippen LogP contribution in [0.4, 0.5) is 0 Å². The van der Waals surface area contributed by atoms with Crippen LogP contribution in [0.15, 0.2) is 12.2 Å². The van der Waals surface area contributed by atoms with Crippen LogP contribution in [0.1, 0.15) is 6.42 Å². The van der Waals surface area contributed by atoms with E-state index >= 15 is 0 Å². The Morgan fingerprint density at radius 2 is 2.50 bits per heavy atom. The minimum Gasteiger partial charge on any atom is -0.299 e. The molecule has 2 saturated heterocycles. The highest BCUT2D eigenvalue weighted by Gasteiger charge is 2.30. The van der Waals surface area contributed by atoms with Crippen LogP contribution in [0, 0.1) is 0 Å². The van der Waals surface area contributed by atoms with Crippen molar-refractivity contribution >= 4 is 11.9 Å². The summed E-state index contributed by atoms with van der Waals surface area (Å²) < 4.78 is 0. The lowest BCUT2D eigenvalue weighted by Crippen LogP contribution is -2.45. The summed E-state index contributed by atoms with van der Waals surface area (Å²) in [6.07, 6.45) is 1.09. The van der Waals surface area contributed by atoms with Crippen molar-refractivity contribution in [1.29, 1.82) is 0 Å². The fourth-order valence-electron chi connectivity index (χ4n) is 1.30. The van der Waals surface area contributed by atoms with E-state index in [1.54, 1.807) is 11.9 Å². The third-order valence-corrected chi connectivity index (χ3v) is 2.84. The largest absolute Gasteiger partial charge is 0.299 e. The van der Waals surface area contributed by atoms with Crippen molar-refractivity contribution in [3.8, 4) is 0 Å². The molecule has 0 aromatic carbocycles. The molecule has 0 spiro atoms. The highest BCUT2D eigenvalue weighted by Crippen LogP contribution is 2.22. The Kier molecular flexibility index (Phi) is 1.69. The molecule has 2 aliphatic heterocycles. The van der Waals surface area contributed by atoms with Gasteiger partial charge in [-0.1, -0.05) is 12.2 Å². The van der Waals surface area contributed by atoms with Crippen molar-refractivity contribution in [2.24, 2.45) is 0 Å². The number of fused-ring (bicyclic) bond motifs is 1. The van der Waals surface area contributed by atoms with Gasteiger partial charge < -0.3 is 0 Å². The van der Waals surface area contributed by atoms with Crippen LogP contribution in [0.25, 0.3) is 0 Å². The topological polar surface area (TPSA) is 36.1 Å². The van der Waals surface area contributed by atoms with Gasteiger partial charge in [0.05, 0.1) is 11.4 Å². The van der Waals surface area contributed by atoms with Crippen LogP contribution in [0.2, 0.25) is 0 Å². The summed E-state index contributed by atoms with van der Waals surface area (Å²) in [6.45, 7) is 4.90. The van der Waals surface area contributed by atoms with Crippen LogP contribution in [-0.2, 0) is 0 Å². The first-order valence-electron chi connectivity index (χ1n) is 3.42. The quantitative estimate of drug-likeness (QED) is 0.341. The highest BCUT2D eigenvalue weighted by molar-refractivity contribution is 7.98. The minimum atomic E-state index is 0.533. The van der Waals surface area contributed by atoms with Gasteiger partial charge in [0.2, 0.25) is 0 Å². The summed E-state index contributed by atoms with van der Waals surface area (Å²) in [6, 6.07) is 0.534. The summed E-state index contributed by atoms with van der Waals surface area (Å²) in [5.74, 6) is 0. The number of hydrazine groups is 1. The number of hydrogen-bond donors (Lipinski definition) is 3. The number of rotatable bonds is 0. The minimum absolute atomic E-state index is 0.533. The monoisotopic (exact) mass is 157 g/mol. The van der Waals surface area contributed by atoms with Crippen LogP contribution in [0.3, 0.4) is 0 Å². The molecule has 2 fully saturated rings. The van der Waals surface area contributed by atoms with Gasteiger partial charge in [-0.15, -0.1) is 0 Å². The van der Waals surface area contributed by atoms with E-state index in [-0.39, 0.29) is 0 Å². The summed E-state index contributed by atoms with van der Waals surface area (Å²) in [5, 5.41) is 3.90. The van der Waals surface area contributed by atoms with Gasteiger partial charge in [-0.05, 0) is 18.4 Å². The van der Waals surface area contributed by atoms with Gasteiger partial charge in [0, 0.05) is 6.54 Å². The summed E-state index contributed by atoms with van der Waals surface area (Å²) in [4.78, 5) is 3.05. The van der Waals surface area contributed by atoms with Crippen molar-refractivity contribution in [1.82, 2.24) is 15.6 Å². The van der Waals surface area contributed by atoms with E-state index in [2.05, 4.69) is 22.2 Å². The predicted octanol–water partition coefficient (Wildman–Crippen LogP) is -0.0134. The van der Waals surface area contributed by atoms with Gasteiger partial charge in [-0.25, -0.2) is 5.43 Å². The number of hydrogen-bond acceptors (Lipinski definition) is 4. The average Bonchev–Trinajstić information content (AvgIpc) is 2.33. The molecule has 10 heavy (non-hydrogen) atoms. The maximum Gasteiger partial charge on any atom is 0.0866 e. The molecule has 0 bridgehead atoms. The fourth-order valence-corrected chi connectivity index (χ4v) is 2.14. The second-order valence-corrected chi connectivity index (χ2v) is 3.67. The van der Waals surface area contributed by atoms with Crippen LogP contribution in [0.5, 0.6) is 0 Å². The van der Waals surface area contributed by atoms with Crippen LogP contribution < -0.4 is 15.6 Å². The van der Waals surface area contributed by atoms with Gasteiger partial charge in [0.25, 0.3) is 0 Å². The van der Waals surface area contributed by atoms with Crippen molar-refractivity contribution in [3.05, 3.63) is 12.2 Å². The lowest BCUT2D eigenvalue weighted by Gasteiger charge is -2.25. The second-order valence-electron chi connectivity index (χ2n) is 2.73. The Balaban J connectivity index is 2.03. The van der Waals surface area contributed by atoms with Crippen LogP contribution >= 0.6 is 11.9 Å². The van der Waals surface area contributed by atoms with Crippen molar-refractivity contribution in [3.63, 3.8) is 0 Å². The molecule has 0 aromatic heterocycles. The lowest BCUT2D eigenvalue weighted by atomic mass is 10.0. The summed E-state index contributed by atoms with van der Waals surface area (Å²) >= 11 is 1.72. The number of nitrogens with one attached hydrogen (secondary N) is 3. The summed E-state index contributed by atoms with van der Waals surface area (Å²) in [5.41, 5.74) is 4.47. The van der Waals surface area contributed by atoms with Gasteiger partial charge in [-0.3, -0.25) is 5.32 Å². The SMILES string of the molecule is C=C1CNC2SNNC2C1. The molecule has 56 valence electrons. The maximum atomic E-state index is 3.94. The molecule has 0 radical (unpaired) electrons. The first-order valence-corrected chi connectivity index (χ1v) is 4.30. The zero-order valence-electron chi connectivity index (χ0n) is 5.68. The van der Waals surface area contributed by atoms with Crippen molar-refractivity contribution < 1.29 is 0 Å². The molecule has 4 heteroatoms. The zero-order chi connectivity index (χ0) is 6.97. The number of piperidine rings is 1. The predicted molar refractivity (Wildman–Crippen MR) is 43.2 cm³/mol. The second kappa shape index (κ2) is 2.54. The van der Waals surface area contributed by atoms with E-state index in [0.717, 1.165) is 13.0 Å². The molecule has 0 saturated carbocycles.